The van der Waals surface area contributed by atoms with Gasteiger partial charge in [-0.1, -0.05) is 6.92 Å². The number of hydrogen-bond acceptors (Lipinski definition) is 6. The average molecular weight is 293 g/mol. The SMILES string of the molecule is CCNc1ccc([N+](=O)[O-])c(NCCN(CC)C2CC2)n1. The first-order valence-electron chi connectivity index (χ1n) is 7.53. The van der Waals surface area contributed by atoms with Gasteiger partial charge in [0, 0.05) is 31.7 Å². The van der Waals surface area contributed by atoms with Gasteiger partial charge in [-0.05, 0) is 32.4 Å². The van der Waals surface area contributed by atoms with Crippen molar-refractivity contribution in [3.63, 3.8) is 0 Å². The summed E-state index contributed by atoms with van der Waals surface area (Å²) in [6, 6.07) is 3.83. The highest BCUT2D eigenvalue weighted by Gasteiger charge is 2.27. The van der Waals surface area contributed by atoms with Crippen LogP contribution < -0.4 is 10.6 Å². The number of rotatable bonds is 9. The second-order valence-electron chi connectivity index (χ2n) is 5.14. The third-order valence-corrected chi connectivity index (χ3v) is 3.59. The first-order valence-corrected chi connectivity index (χ1v) is 7.53. The molecule has 1 fully saturated rings. The van der Waals surface area contributed by atoms with Crippen LogP contribution in [0.4, 0.5) is 17.3 Å². The van der Waals surface area contributed by atoms with Gasteiger partial charge < -0.3 is 10.6 Å². The first kappa shape index (κ1) is 15.5. The fourth-order valence-corrected chi connectivity index (χ4v) is 2.37. The maximum atomic E-state index is 11.1. The van der Waals surface area contributed by atoms with Crippen molar-refractivity contribution >= 4 is 17.3 Å². The molecular formula is C14H23N5O2. The summed E-state index contributed by atoms with van der Waals surface area (Å²) < 4.78 is 0. The van der Waals surface area contributed by atoms with Crippen molar-refractivity contribution in [2.75, 3.05) is 36.8 Å². The van der Waals surface area contributed by atoms with Crippen molar-refractivity contribution in [1.29, 1.82) is 0 Å². The van der Waals surface area contributed by atoms with E-state index in [0.717, 1.165) is 19.6 Å². The van der Waals surface area contributed by atoms with E-state index >= 15 is 0 Å². The molecule has 1 aromatic rings. The zero-order valence-electron chi connectivity index (χ0n) is 12.6. The molecule has 1 aliphatic rings. The van der Waals surface area contributed by atoms with Gasteiger partial charge >= 0.3 is 5.69 Å². The molecule has 1 heterocycles. The van der Waals surface area contributed by atoms with Crippen molar-refractivity contribution in [2.45, 2.75) is 32.7 Å². The summed E-state index contributed by atoms with van der Waals surface area (Å²) in [6.45, 7) is 7.39. The zero-order valence-corrected chi connectivity index (χ0v) is 12.6. The van der Waals surface area contributed by atoms with Crippen LogP contribution in [0, 0.1) is 10.1 Å². The second-order valence-corrected chi connectivity index (χ2v) is 5.14. The van der Waals surface area contributed by atoms with E-state index in [2.05, 4.69) is 27.4 Å². The largest absolute Gasteiger partial charge is 0.370 e. The van der Waals surface area contributed by atoms with Crippen LogP contribution in [-0.2, 0) is 0 Å². The molecule has 0 bridgehead atoms. The van der Waals surface area contributed by atoms with Gasteiger partial charge in [-0.25, -0.2) is 4.98 Å². The highest BCUT2D eigenvalue weighted by atomic mass is 16.6. The summed E-state index contributed by atoms with van der Waals surface area (Å²) in [4.78, 5) is 17.3. The van der Waals surface area contributed by atoms with Crippen molar-refractivity contribution in [3.05, 3.63) is 22.2 Å². The summed E-state index contributed by atoms with van der Waals surface area (Å²) >= 11 is 0. The Hall–Kier alpha value is -1.89. The summed E-state index contributed by atoms with van der Waals surface area (Å²) in [6.07, 6.45) is 2.53. The van der Waals surface area contributed by atoms with Gasteiger partial charge in [0.1, 0.15) is 5.82 Å². The number of nitro groups is 1. The number of anilines is 2. The summed E-state index contributed by atoms with van der Waals surface area (Å²) in [5.74, 6) is 0.991. The smallest absolute Gasteiger partial charge is 0.311 e. The predicted molar refractivity (Wildman–Crippen MR) is 83.8 cm³/mol. The maximum absolute atomic E-state index is 11.1. The Balaban J connectivity index is 1.98. The molecule has 21 heavy (non-hydrogen) atoms. The quantitative estimate of drug-likeness (QED) is 0.537. The van der Waals surface area contributed by atoms with Gasteiger partial charge in [-0.2, -0.15) is 0 Å². The van der Waals surface area contributed by atoms with Gasteiger partial charge in [-0.15, -0.1) is 0 Å². The number of hydrogen-bond donors (Lipinski definition) is 2. The minimum absolute atomic E-state index is 0.0196. The minimum atomic E-state index is -0.399. The van der Waals surface area contributed by atoms with Crippen LogP contribution in [0.2, 0.25) is 0 Å². The molecule has 7 nitrogen and oxygen atoms in total. The second kappa shape index (κ2) is 7.21. The van der Waals surface area contributed by atoms with E-state index in [0.29, 0.717) is 24.2 Å². The third-order valence-electron chi connectivity index (χ3n) is 3.59. The fourth-order valence-electron chi connectivity index (χ4n) is 2.37. The van der Waals surface area contributed by atoms with E-state index in [-0.39, 0.29) is 5.69 Å². The number of likely N-dealkylation sites (N-methyl/N-ethyl adjacent to an activating group) is 1. The number of pyridine rings is 1. The Bertz CT molecular complexity index is 490. The molecular weight excluding hydrogens is 270 g/mol. The van der Waals surface area contributed by atoms with E-state index in [1.54, 1.807) is 6.07 Å². The van der Waals surface area contributed by atoms with E-state index < -0.39 is 4.92 Å². The molecule has 0 unspecified atom stereocenters. The lowest BCUT2D eigenvalue weighted by Crippen LogP contribution is -2.31. The molecule has 0 aliphatic heterocycles. The van der Waals surface area contributed by atoms with E-state index in [1.807, 2.05) is 6.92 Å². The van der Waals surface area contributed by atoms with Crippen molar-refractivity contribution in [1.82, 2.24) is 9.88 Å². The van der Waals surface area contributed by atoms with Crippen LogP contribution in [0.1, 0.15) is 26.7 Å². The Morgan fingerprint density at radius 2 is 2.14 bits per heavy atom. The molecule has 0 aromatic carbocycles. The number of nitrogens with zero attached hydrogens (tertiary/aromatic N) is 3. The average Bonchev–Trinajstić information content (AvgIpc) is 3.28. The predicted octanol–water partition coefficient (Wildman–Crippen LogP) is 2.32. The normalized spacial score (nSPS) is 14.2. The molecule has 0 radical (unpaired) electrons. The number of nitrogens with one attached hydrogen (secondary N) is 2. The Morgan fingerprint density at radius 3 is 2.71 bits per heavy atom. The summed E-state index contributed by atoms with van der Waals surface area (Å²) in [7, 11) is 0. The van der Waals surface area contributed by atoms with Gasteiger partial charge in [0.25, 0.3) is 0 Å². The molecule has 2 N–H and O–H groups in total. The zero-order chi connectivity index (χ0) is 15.2. The molecule has 1 aromatic heterocycles. The van der Waals surface area contributed by atoms with Crippen LogP contribution in [0.25, 0.3) is 0 Å². The van der Waals surface area contributed by atoms with E-state index in [1.165, 1.54) is 18.9 Å². The molecule has 0 amide bonds. The van der Waals surface area contributed by atoms with E-state index in [9.17, 15) is 10.1 Å². The first-order chi connectivity index (χ1) is 10.2. The highest BCUT2D eigenvalue weighted by Crippen LogP contribution is 2.27. The Labute approximate surface area is 124 Å². The topological polar surface area (TPSA) is 83.3 Å². The molecule has 0 spiro atoms. The Morgan fingerprint density at radius 1 is 1.38 bits per heavy atom. The standard InChI is InChI=1S/C14H23N5O2/c1-3-15-13-8-7-12(19(20)21)14(17-13)16-9-10-18(4-2)11-5-6-11/h7-8,11H,3-6,9-10H2,1-2H3,(H2,15,16,17). The highest BCUT2D eigenvalue weighted by molar-refractivity contribution is 5.60. The van der Waals surface area contributed by atoms with Crippen molar-refractivity contribution < 1.29 is 4.92 Å². The third kappa shape index (κ3) is 4.29. The molecule has 1 aliphatic carbocycles. The summed E-state index contributed by atoms with van der Waals surface area (Å²) in [5.41, 5.74) is 0.0196. The van der Waals surface area contributed by atoms with Crippen LogP contribution in [0.3, 0.4) is 0 Å². The Kier molecular flexibility index (Phi) is 5.32. The molecule has 0 atom stereocenters. The fraction of sp³-hybridized carbons (Fsp3) is 0.643. The van der Waals surface area contributed by atoms with Crippen LogP contribution in [-0.4, -0.2) is 47.0 Å². The van der Waals surface area contributed by atoms with Crippen LogP contribution >= 0.6 is 0 Å². The van der Waals surface area contributed by atoms with Gasteiger partial charge in [-0.3, -0.25) is 15.0 Å². The molecule has 1 saturated carbocycles. The molecule has 116 valence electrons. The number of aromatic nitrogens is 1. The lowest BCUT2D eigenvalue weighted by Gasteiger charge is -2.20. The summed E-state index contributed by atoms with van der Waals surface area (Å²) in [5, 5.41) is 17.2. The minimum Gasteiger partial charge on any atom is -0.370 e. The maximum Gasteiger partial charge on any atom is 0.311 e. The molecule has 2 rings (SSSR count). The van der Waals surface area contributed by atoms with Crippen molar-refractivity contribution in [2.24, 2.45) is 0 Å². The van der Waals surface area contributed by atoms with Crippen LogP contribution in [0.5, 0.6) is 0 Å². The molecule has 7 heteroatoms. The van der Waals surface area contributed by atoms with Gasteiger partial charge in [0.05, 0.1) is 4.92 Å². The van der Waals surface area contributed by atoms with Crippen molar-refractivity contribution in [3.8, 4) is 0 Å². The van der Waals surface area contributed by atoms with Crippen LogP contribution in [0.15, 0.2) is 12.1 Å². The molecule has 0 saturated heterocycles. The lowest BCUT2D eigenvalue weighted by atomic mass is 10.3. The van der Waals surface area contributed by atoms with E-state index in [4.69, 9.17) is 0 Å². The monoisotopic (exact) mass is 293 g/mol. The van der Waals surface area contributed by atoms with Gasteiger partial charge in [0.2, 0.25) is 5.82 Å². The van der Waals surface area contributed by atoms with Gasteiger partial charge in [0.15, 0.2) is 0 Å². The lowest BCUT2D eigenvalue weighted by molar-refractivity contribution is -0.384.